The molecule has 2 aromatic rings. The lowest BCUT2D eigenvalue weighted by molar-refractivity contribution is -0.147. The molecule has 1 aliphatic rings. The van der Waals surface area contributed by atoms with Crippen molar-refractivity contribution in [1.29, 1.82) is 0 Å². The lowest BCUT2D eigenvalue weighted by Crippen LogP contribution is -2.57. The zero-order chi connectivity index (χ0) is 25.5. The molecule has 0 aliphatic carbocycles. The first-order valence-electron chi connectivity index (χ1n) is 11.2. The van der Waals surface area contributed by atoms with Crippen molar-refractivity contribution in [3.05, 3.63) is 65.2 Å². The number of aliphatic hydroxyl groups is 1. The van der Waals surface area contributed by atoms with Crippen molar-refractivity contribution in [1.82, 2.24) is 15.5 Å². The summed E-state index contributed by atoms with van der Waals surface area (Å²) in [6, 6.07) is 10.9. The number of aliphatic hydroxyl groups excluding tert-OH is 1. The number of halogens is 1. The van der Waals surface area contributed by atoms with Crippen molar-refractivity contribution in [3.63, 3.8) is 0 Å². The van der Waals surface area contributed by atoms with E-state index in [1.807, 2.05) is 0 Å². The fourth-order valence-corrected chi connectivity index (χ4v) is 4.12. The SMILES string of the molecule is C#CCNC(=O)C1[C@H](F)CCN1C(=O)[C@@H](O)[C@H](Cc1ccccc1)NC(=O)c1cccc(O)c1C. The van der Waals surface area contributed by atoms with Crippen LogP contribution in [-0.2, 0) is 16.0 Å². The summed E-state index contributed by atoms with van der Waals surface area (Å²) in [5, 5.41) is 26.0. The van der Waals surface area contributed by atoms with Gasteiger partial charge >= 0.3 is 0 Å². The molecule has 4 N–H and O–H groups in total. The third kappa shape index (κ3) is 5.97. The Balaban J connectivity index is 1.85. The van der Waals surface area contributed by atoms with E-state index >= 15 is 0 Å². The molecule has 1 unspecified atom stereocenters. The number of phenolic OH excluding ortho intramolecular Hbond substituents is 1. The van der Waals surface area contributed by atoms with Crippen LogP contribution in [0.25, 0.3) is 0 Å². The van der Waals surface area contributed by atoms with Crippen molar-refractivity contribution in [2.24, 2.45) is 0 Å². The van der Waals surface area contributed by atoms with Gasteiger partial charge in [0.1, 0.15) is 18.0 Å². The van der Waals surface area contributed by atoms with Crippen molar-refractivity contribution in [3.8, 4) is 18.1 Å². The predicted molar refractivity (Wildman–Crippen MR) is 127 cm³/mol. The first-order chi connectivity index (χ1) is 16.7. The van der Waals surface area contributed by atoms with Crippen LogP contribution >= 0.6 is 0 Å². The van der Waals surface area contributed by atoms with Crippen LogP contribution < -0.4 is 10.6 Å². The Morgan fingerprint density at radius 2 is 1.91 bits per heavy atom. The van der Waals surface area contributed by atoms with E-state index in [2.05, 4.69) is 16.6 Å². The molecule has 184 valence electrons. The molecule has 8 nitrogen and oxygen atoms in total. The predicted octanol–water partition coefficient (Wildman–Crippen LogP) is 1.09. The van der Waals surface area contributed by atoms with Gasteiger partial charge in [-0.1, -0.05) is 42.3 Å². The van der Waals surface area contributed by atoms with E-state index in [1.54, 1.807) is 37.3 Å². The van der Waals surface area contributed by atoms with Gasteiger partial charge in [0.25, 0.3) is 11.8 Å². The van der Waals surface area contributed by atoms with Crippen LogP contribution in [0, 0.1) is 19.3 Å². The number of alkyl halides is 1. The highest BCUT2D eigenvalue weighted by Gasteiger charge is 2.45. The highest BCUT2D eigenvalue weighted by molar-refractivity contribution is 5.97. The molecule has 0 saturated carbocycles. The smallest absolute Gasteiger partial charge is 0.254 e. The number of benzene rings is 2. The molecule has 0 spiro atoms. The van der Waals surface area contributed by atoms with Gasteiger partial charge in [0, 0.05) is 17.7 Å². The van der Waals surface area contributed by atoms with E-state index < -0.39 is 42.1 Å². The van der Waals surface area contributed by atoms with E-state index in [0.29, 0.717) is 5.56 Å². The standard InChI is InChI=1S/C26H28FN3O5/c1-3-13-28-25(34)22-19(27)12-14-30(22)26(35)23(32)20(15-17-8-5-4-6-9-17)29-24(33)18-10-7-11-21(31)16(18)2/h1,4-11,19-20,22-23,31-32H,12-15H2,2H3,(H,28,34)(H,29,33)/t19-,20+,22?,23+/m1/s1. The number of likely N-dealkylation sites (tertiary alicyclic amines) is 1. The largest absolute Gasteiger partial charge is 0.508 e. The molecule has 1 aliphatic heterocycles. The van der Waals surface area contributed by atoms with Gasteiger partial charge in [-0.15, -0.1) is 6.42 Å². The van der Waals surface area contributed by atoms with Gasteiger partial charge in [0.05, 0.1) is 12.6 Å². The van der Waals surface area contributed by atoms with Crippen molar-refractivity contribution in [2.75, 3.05) is 13.1 Å². The second kappa shape index (κ2) is 11.5. The minimum Gasteiger partial charge on any atom is -0.508 e. The van der Waals surface area contributed by atoms with E-state index in [4.69, 9.17) is 6.42 Å². The monoisotopic (exact) mass is 481 g/mol. The number of terminal acetylenes is 1. The number of carbonyl (C=O) groups excluding carboxylic acids is 3. The molecule has 0 bridgehead atoms. The van der Waals surface area contributed by atoms with Gasteiger partial charge in [-0.25, -0.2) is 4.39 Å². The number of carbonyl (C=O) groups is 3. The Bertz CT molecular complexity index is 1120. The van der Waals surface area contributed by atoms with Crippen molar-refractivity contribution >= 4 is 17.7 Å². The quantitative estimate of drug-likeness (QED) is 0.421. The van der Waals surface area contributed by atoms with Crippen LogP contribution in [-0.4, -0.2) is 70.3 Å². The maximum Gasteiger partial charge on any atom is 0.254 e. The molecule has 4 atom stereocenters. The first kappa shape index (κ1) is 25.7. The summed E-state index contributed by atoms with van der Waals surface area (Å²) in [6.45, 7) is 1.38. The minimum atomic E-state index is -1.76. The minimum absolute atomic E-state index is 0.0647. The third-order valence-electron chi connectivity index (χ3n) is 6.04. The molecule has 3 amide bonds. The number of nitrogens with one attached hydrogen (secondary N) is 2. The summed E-state index contributed by atoms with van der Waals surface area (Å²) in [5.74, 6) is -0.0624. The molecule has 3 rings (SSSR count). The van der Waals surface area contributed by atoms with Gasteiger partial charge in [-0.05, 0) is 37.5 Å². The third-order valence-corrected chi connectivity index (χ3v) is 6.04. The number of phenols is 1. The lowest BCUT2D eigenvalue weighted by Gasteiger charge is -2.30. The van der Waals surface area contributed by atoms with Gasteiger partial charge in [-0.3, -0.25) is 14.4 Å². The summed E-state index contributed by atoms with van der Waals surface area (Å²) in [7, 11) is 0. The van der Waals surface area contributed by atoms with Crippen molar-refractivity contribution < 1.29 is 29.0 Å². The van der Waals surface area contributed by atoms with E-state index in [9.17, 15) is 29.0 Å². The Hall–Kier alpha value is -3.90. The van der Waals surface area contributed by atoms with E-state index in [-0.39, 0.29) is 37.2 Å². The number of hydrogen-bond donors (Lipinski definition) is 4. The van der Waals surface area contributed by atoms with Gasteiger partial charge in [0.2, 0.25) is 5.91 Å². The summed E-state index contributed by atoms with van der Waals surface area (Å²) >= 11 is 0. The zero-order valence-corrected chi connectivity index (χ0v) is 19.3. The maximum absolute atomic E-state index is 14.5. The van der Waals surface area contributed by atoms with Crippen LogP contribution in [0.5, 0.6) is 5.75 Å². The fraction of sp³-hybridized carbons (Fsp3) is 0.346. The Kier molecular flexibility index (Phi) is 8.44. The van der Waals surface area contributed by atoms with Gasteiger partial charge in [-0.2, -0.15) is 0 Å². The number of amides is 3. The number of nitrogens with zero attached hydrogens (tertiary/aromatic N) is 1. The van der Waals surface area contributed by atoms with Crippen LogP contribution in [0.3, 0.4) is 0 Å². The van der Waals surface area contributed by atoms with Crippen LogP contribution in [0.4, 0.5) is 4.39 Å². The molecule has 0 radical (unpaired) electrons. The fourth-order valence-electron chi connectivity index (χ4n) is 4.12. The molecule has 1 fully saturated rings. The van der Waals surface area contributed by atoms with Crippen molar-refractivity contribution in [2.45, 2.75) is 44.1 Å². The highest BCUT2D eigenvalue weighted by Crippen LogP contribution is 2.24. The van der Waals surface area contributed by atoms with Gasteiger partial charge < -0.3 is 25.7 Å². The first-order valence-corrected chi connectivity index (χ1v) is 11.2. The summed E-state index contributed by atoms with van der Waals surface area (Å²) in [6.07, 6.45) is 1.81. The summed E-state index contributed by atoms with van der Waals surface area (Å²) in [5.41, 5.74) is 1.26. The van der Waals surface area contributed by atoms with Crippen LogP contribution in [0.2, 0.25) is 0 Å². The molecule has 35 heavy (non-hydrogen) atoms. The summed E-state index contributed by atoms with van der Waals surface area (Å²) < 4.78 is 14.5. The zero-order valence-electron chi connectivity index (χ0n) is 19.3. The molecule has 2 aromatic carbocycles. The Morgan fingerprint density at radius 3 is 2.60 bits per heavy atom. The molecule has 0 aromatic heterocycles. The second-order valence-corrected chi connectivity index (χ2v) is 8.37. The normalized spacial score (nSPS) is 18.9. The molecule has 1 heterocycles. The molecule has 9 heteroatoms. The lowest BCUT2D eigenvalue weighted by atomic mass is 9.98. The second-order valence-electron chi connectivity index (χ2n) is 8.37. The number of rotatable bonds is 8. The Labute approximate surface area is 203 Å². The van der Waals surface area contributed by atoms with E-state index in [0.717, 1.165) is 10.5 Å². The maximum atomic E-state index is 14.5. The van der Waals surface area contributed by atoms with Crippen LogP contribution in [0.15, 0.2) is 48.5 Å². The number of aromatic hydroxyl groups is 1. The van der Waals surface area contributed by atoms with Gasteiger partial charge in [0.15, 0.2) is 6.10 Å². The molecular weight excluding hydrogens is 453 g/mol. The average Bonchev–Trinajstić information content (AvgIpc) is 3.24. The average molecular weight is 482 g/mol. The van der Waals surface area contributed by atoms with E-state index in [1.165, 1.54) is 18.2 Å². The summed E-state index contributed by atoms with van der Waals surface area (Å²) in [4.78, 5) is 39.7. The van der Waals surface area contributed by atoms with Crippen LogP contribution in [0.1, 0.15) is 27.9 Å². The highest BCUT2D eigenvalue weighted by atomic mass is 19.1. The Morgan fingerprint density at radius 1 is 1.20 bits per heavy atom. The molecule has 1 saturated heterocycles. The topological polar surface area (TPSA) is 119 Å². The number of hydrogen-bond acceptors (Lipinski definition) is 5. The molecular formula is C26H28FN3O5.